The lowest BCUT2D eigenvalue weighted by atomic mass is 10.1. The topological polar surface area (TPSA) is 55.6 Å². The minimum atomic E-state index is 0.617. The van der Waals surface area contributed by atoms with E-state index in [9.17, 15) is 0 Å². The average molecular weight is 391 g/mol. The number of nitrogens with one attached hydrogen (secondary N) is 1. The van der Waals surface area contributed by atoms with E-state index in [1.54, 1.807) is 6.20 Å². The first kappa shape index (κ1) is 18.1. The van der Waals surface area contributed by atoms with Crippen molar-refractivity contribution in [1.29, 1.82) is 0 Å². The molecule has 0 aliphatic heterocycles. The number of aromatic nitrogens is 4. The molecule has 2 heterocycles. The molecule has 5 aromatic rings. The third kappa shape index (κ3) is 3.78. The van der Waals surface area contributed by atoms with E-state index in [2.05, 4.69) is 74.9 Å². The lowest BCUT2D eigenvalue weighted by Crippen LogP contribution is -2.09. The van der Waals surface area contributed by atoms with Gasteiger partial charge in [0, 0.05) is 12.7 Å². The van der Waals surface area contributed by atoms with Crippen molar-refractivity contribution >= 4 is 17.0 Å². The van der Waals surface area contributed by atoms with Crippen molar-refractivity contribution in [2.24, 2.45) is 0 Å². The fourth-order valence-electron chi connectivity index (χ4n) is 3.54. The molecule has 30 heavy (non-hydrogen) atoms. The summed E-state index contributed by atoms with van der Waals surface area (Å²) in [6.45, 7) is 0.776. The third-order valence-corrected chi connectivity index (χ3v) is 5.08. The van der Waals surface area contributed by atoms with Gasteiger partial charge < -0.3 is 5.32 Å². The lowest BCUT2D eigenvalue weighted by Gasteiger charge is -2.08. The molecule has 5 rings (SSSR count). The van der Waals surface area contributed by atoms with Crippen LogP contribution in [-0.4, -0.2) is 26.1 Å². The van der Waals surface area contributed by atoms with Crippen LogP contribution in [0.1, 0.15) is 5.56 Å². The van der Waals surface area contributed by atoms with Crippen molar-refractivity contribution in [3.05, 3.63) is 103 Å². The van der Waals surface area contributed by atoms with E-state index in [4.69, 9.17) is 0 Å². The summed E-state index contributed by atoms with van der Waals surface area (Å²) in [7, 11) is 0. The molecule has 0 amide bonds. The molecule has 146 valence electrons. The van der Waals surface area contributed by atoms with Crippen LogP contribution in [0.5, 0.6) is 0 Å². The Hall–Kier alpha value is -3.99. The van der Waals surface area contributed by atoms with Gasteiger partial charge >= 0.3 is 0 Å². The van der Waals surface area contributed by atoms with Crippen molar-refractivity contribution < 1.29 is 0 Å². The second-order valence-corrected chi connectivity index (χ2v) is 7.08. The van der Waals surface area contributed by atoms with E-state index in [-0.39, 0.29) is 0 Å². The summed E-state index contributed by atoms with van der Waals surface area (Å²) < 4.78 is 1.99. The maximum Gasteiger partial charge on any atom is 0.224 e. The molecular weight excluding hydrogens is 370 g/mol. The van der Waals surface area contributed by atoms with E-state index >= 15 is 0 Å². The highest BCUT2D eigenvalue weighted by Gasteiger charge is 2.08. The highest BCUT2D eigenvalue weighted by Crippen LogP contribution is 2.25. The van der Waals surface area contributed by atoms with E-state index < -0.39 is 0 Å². The van der Waals surface area contributed by atoms with Crippen LogP contribution in [-0.2, 0) is 6.42 Å². The molecule has 0 saturated heterocycles. The van der Waals surface area contributed by atoms with Gasteiger partial charge in [0.15, 0.2) is 0 Å². The molecule has 0 spiro atoms. The summed E-state index contributed by atoms with van der Waals surface area (Å²) in [6.07, 6.45) is 4.51. The van der Waals surface area contributed by atoms with Crippen molar-refractivity contribution in [3.8, 4) is 16.9 Å². The highest BCUT2D eigenvalue weighted by atomic mass is 15.2. The molecule has 0 unspecified atom stereocenters. The maximum atomic E-state index is 4.68. The van der Waals surface area contributed by atoms with Gasteiger partial charge in [0.1, 0.15) is 12.1 Å². The Kier molecular flexibility index (Phi) is 4.92. The fourth-order valence-corrected chi connectivity index (χ4v) is 3.54. The zero-order valence-electron chi connectivity index (χ0n) is 16.4. The minimum absolute atomic E-state index is 0.617. The quantitative estimate of drug-likeness (QED) is 0.436. The van der Waals surface area contributed by atoms with Crippen molar-refractivity contribution in [3.63, 3.8) is 0 Å². The Bertz CT molecular complexity index is 1260. The molecule has 1 N–H and O–H groups in total. The summed E-state index contributed by atoms with van der Waals surface area (Å²) >= 11 is 0. The number of hydrogen-bond acceptors (Lipinski definition) is 4. The van der Waals surface area contributed by atoms with Gasteiger partial charge in [-0.25, -0.2) is 9.97 Å². The molecule has 0 aliphatic carbocycles. The first-order chi connectivity index (χ1) is 14.9. The van der Waals surface area contributed by atoms with Crippen LogP contribution in [0.25, 0.3) is 28.0 Å². The smallest absolute Gasteiger partial charge is 0.224 e. The molecule has 0 fully saturated rings. The Morgan fingerprint density at radius 2 is 1.57 bits per heavy atom. The largest absolute Gasteiger partial charge is 0.354 e. The Morgan fingerprint density at radius 1 is 0.767 bits per heavy atom. The summed E-state index contributed by atoms with van der Waals surface area (Å²) in [6, 6.07) is 28.9. The predicted molar refractivity (Wildman–Crippen MR) is 121 cm³/mol. The normalized spacial score (nSPS) is 10.9. The number of imidazole rings is 1. The number of nitrogens with zero attached hydrogens (tertiary/aromatic N) is 4. The monoisotopic (exact) mass is 391 g/mol. The van der Waals surface area contributed by atoms with Gasteiger partial charge in [0.2, 0.25) is 5.95 Å². The van der Waals surface area contributed by atoms with Crippen LogP contribution in [0.15, 0.2) is 97.5 Å². The van der Waals surface area contributed by atoms with E-state index in [0.29, 0.717) is 5.95 Å². The van der Waals surface area contributed by atoms with E-state index in [1.165, 1.54) is 11.1 Å². The summed E-state index contributed by atoms with van der Waals surface area (Å²) in [5.41, 5.74) is 5.58. The minimum Gasteiger partial charge on any atom is -0.354 e. The van der Waals surface area contributed by atoms with Crippen LogP contribution >= 0.6 is 0 Å². The number of fused-ring (bicyclic) bond motifs is 1. The van der Waals surface area contributed by atoms with Crippen LogP contribution in [0.3, 0.4) is 0 Å². The Labute approximate surface area is 175 Å². The van der Waals surface area contributed by atoms with Crippen molar-refractivity contribution in [2.75, 3.05) is 11.9 Å². The first-order valence-electron chi connectivity index (χ1n) is 10.0. The third-order valence-electron chi connectivity index (χ3n) is 5.08. The zero-order chi connectivity index (χ0) is 20.2. The van der Waals surface area contributed by atoms with Gasteiger partial charge in [-0.1, -0.05) is 66.7 Å². The van der Waals surface area contributed by atoms with E-state index in [0.717, 1.165) is 35.4 Å². The van der Waals surface area contributed by atoms with Crippen molar-refractivity contribution in [2.45, 2.75) is 6.42 Å². The van der Waals surface area contributed by atoms with Crippen LogP contribution in [0.4, 0.5) is 5.95 Å². The van der Waals surface area contributed by atoms with Crippen LogP contribution < -0.4 is 5.32 Å². The molecule has 0 atom stereocenters. The van der Waals surface area contributed by atoms with Gasteiger partial charge in [-0.3, -0.25) is 4.57 Å². The summed E-state index contributed by atoms with van der Waals surface area (Å²) in [5, 5.41) is 3.32. The Morgan fingerprint density at radius 3 is 2.40 bits per heavy atom. The molecule has 0 bridgehead atoms. The van der Waals surface area contributed by atoms with E-state index in [1.807, 2.05) is 41.2 Å². The second kappa shape index (κ2) is 8.17. The van der Waals surface area contributed by atoms with Crippen molar-refractivity contribution in [1.82, 2.24) is 19.5 Å². The highest BCUT2D eigenvalue weighted by molar-refractivity contribution is 5.83. The average Bonchev–Trinajstić information content (AvgIpc) is 3.24. The summed E-state index contributed by atoms with van der Waals surface area (Å²) in [5.74, 6) is 1.41. The number of rotatable bonds is 6. The Balaban J connectivity index is 1.37. The summed E-state index contributed by atoms with van der Waals surface area (Å²) in [4.78, 5) is 13.6. The molecular formula is C25H21N5. The standard InChI is InChI=1S/C25H21N5/c1-3-7-19(8-4-1)13-15-26-25-27-16-14-24(29-25)30-18-28-22-17-21(11-12-23(22)30)20-9-5-2-6-10-20/h1-12,14,16-18H,13,15H2,(H,26,27,29). The van der Waals surface area contributed by atoms with Crippen LogP contribution in [0, 0.1) is 0 Å². The van der Waals surface area contributed by atoms with Crippen LogP contribution in [0.2, 0.25) is 0 Å². The van der Waals surface area contributed by atoms with Gasteiger partial charge in [0.25, 0.3) is 0 Å². The second-order valence-electron chi connectivity index (χ2n) is 7.08. The van der Waals surface area contributed by atoms with Gasteiger partial charge in [-0.05, 0) is 41.3 Å². The molecule has 2 aromatic heterocycles. The molecule has 3 aromatic carbocycles. The maximum absolute atomic E-state index is 4.68. The van der Waals surface area contributed by atoms with Gasteiger partial charge in [-0.2, -0.15) is 4.98 Å². The first-order valence-corrected chi connectivity index (χ1v) is 10.0. The molecule has 5 nitrogen and oxygen atoms in total. The number of hydrogen-bond donors (Lipinski definition) is 1. The zero-order valence-corrected chi connectivity index (χ0v) is 16.4. The molecule has 0 radical (unpaired) electrons. The lowest BCUT2D eigenvalue weighted by molar-refractivity contribution is 0.953. The fraction of sp³-hybridized carbons (Fsp3) is 0.0800. The molecule has 0 saturated carbocycles. The molecule has 5 heteroatoms. The predicted octanol–water partition coefficient (Wildman–Crippen LogP) is 5.14. The number of anilines is 1. The SMILES string of the molecule is c1ccc(CCNc2nccc(-n3cnc4cc(-c5ccccc5)ccc43)n2)cc1. The molecule has 0 aliphatic rings. The van der Waals surface area contributed by atoms with Gasteiger partial charge in [-0.15, -0.1) is 0 Å². The van der Waals surface area contributed by atoms with Gasteiger partial charge in [0.05, 0.1) is 11.0 Å². The number of benzene rings is 3.